The van der Waals surface area contributed by atoms with E-state index in [-0.39, 0.29) is 17.5 Å². The molecule has 7 heteroatoms. The van der Waals surface area contributed by atoms with Crippen LogP contribution in [0.4, 0.5) is 10.1 Å². The average Bonchev–Trinajstić information content (AvgIpc) is 3.14. The van der Waals surface area contributed by atoms with Crippen LogP contribution in [0.1, 0.15) is 5.69 Å². The van der Waals surface area contributed by atoms with Crippen molar-refractivity contribution in [2.75, 3.05) is 11.1 Å². The van der Waals surface area contributed by atoms with E-state index in [0.29, 0.717) is 22.9 Å². The minimum Gasteiger partial charge on any atom is -0.485 e. The van der Waals surface area contributed by atoms with Gasteiger partial charge in [-0.2, -0.15) is 0 Å². The molecule has 2 aromatic carbocycles. The molecule has 0 aliphatic rings. The minimum absolute atomic E-state index is 0.112. The quantitative estimate of drug-likeness (QED) is 0.615. The van der Waals surface area contributed by atoms with E-state index in [0.717, 1.165) is 17.5 Å². The van der Waals surface area contributed by atoms with Crippen molar-refractivity contribution in [2.45, 2.75) is 11.5 Å². The number of anilines is 1. The molecule has 0 radical (unpaired) electrons. The fourth-order valence-corrected chi connectivity index (χ4v) is 3.33. The van der Waals surface area contributed by atoms with Gasteiger partial charge in [-0.3, -0.25) is 4.79 Å². The van der Waals surface area contributed by atoms with Gasteiger partial charge in [0.25, 0.3) is 0 Å². The van der Waals surface area contributed by atoms with E-state index in [9.17, 15) is 9.18 Å². The van der Waals surface area contributed by atoms with Gasteiger partial charge in [-0.1, -0.05) is 24.3 Å². The number of ether oxygens (including phenoxy) is 1. The summed E-state index contributed by atoms with van der Waals surface area (Å²) in [5, 5.41) is 4.71. The molecule has 0 fully saturated rings. The van der Waals surface area contributed by atoms with E-state index in [1.54, 1.807) is 35.8 Å². The molecule has 0 saturated carbocycles. The van der Waals surface area contributed by atoms with Gasteiger partial charge >= 0.3 is 0 Å². The lowest BCUT2D eigenvalue weighted by Crippen LogP contribution is -2.15. The molecule has 0 aliphatic heterocycles. The summed E-state index contributed by atoms with van der Waals surface area (Å²) in [6.45, 7) is 0.334. The Morgan fingerprint density at radius 3 is 2.80 bits per heavy atom. The van der Waals surface area contributed by atoms with E-state index in [1.165, 1.54) is 17.4 Å². The third kappa shape index (κ3) is 5.04. The second-order valence-corrected chi connectivity index (χ2v) is 6.77. The predicted octanol–water partition coefficient (Wildman–Crippen LogP) is 4.59. The molecule has 1 aromatic heterocycles. The Morgan fingerprint density at radius 1 is 1.20 bits per heavy atom. The largest absolute Gasteiger partial charge is 0.485 e. The van der Waals surface area contributed by atoms with Gasteiger partial charge in [0.2, 0.25) is 5.91 Å². The summed E-state index contributed by atoms with van der Waals surface area (Å²) >= 11 is 2.66. The highest BCUT2D eigenvalue weighted by atomic mass is 32.2. The maximum atomic E-state index is 13.6. The lowest BCUT2D eigenvalue weighted by Gasteiger charge is -2.12. The predicted molar refractivity (Wildman–Crippen MR) is 98.6 cm³/mol. The van der Waals surface area contributed by atoms with Crippen molar-refractivity contribution in [1.82, 2.24) is 4.98 Å². The summed E-state index contributed by atoms with van der Waals surface area (Å²) < 4.78 is 19.3. The molecular weight excluding hydrogens is 359 g/mol. The third-order valence-electron chi connectivity index (χ3n) is 3.22. The maximum Gasteiger partial charge on any atom is 0.234 e. The van der Waals surface area contributed by atoms with Gasteiger partial charge in [0.1, 0.15) is 18.2 Å². The fourth-order valence-electron chi connectivity index (χ4n) is 2.05. The number of hydrogen-bond acceptors (Lipinski definition) is 5. The van der Waals surface area contributed by atoms with Crippen LogP contribution in [0.25, 0.3) is 0 Å². The van der Waals surface area contributed by atoms with E-state index in [1.807, 2.05) is 17.5 Å². The van der Waals surface area contributed by atoms with Crippen LogP contribution in [0, 0.1) is 5.82 Å². The van der Waals surface area contributed by atoms with Crippen molar-refractivity contribution in [3.05, 3.63) is 70.9 Å². The maximum absolute atomic E-state index is 13.6. The number of amides is 1. The lowest BCUT2D eigenvalue weighted by atomic mass is 10.3. The van der Waals surface area contributed by atoms with Crippen molar-refractivity contribution in [1.29, 1.82) is 0 Å². The van der Waals surface area contributed by atoms with Gasteiger partial charge in [-0.25, -0.2) is 9.37 Å². The summed E-state index contributed by atoms with van der Waals surface area (Å²) in [4.78, 5) is 16.8. The van der Waals surface area contributed by atoms with Crippen LogP contribution in [0.2, 0.25) is 0 Å². The molecule has 0 unspecified atom stereocenters. The van der Waals surface area contributed by atoms with Crippen molar-refractivity contribution >= 4 is 34.7 Å². The summed E-state index contributed by atoms with van der Waals surface area (Å²) in [7, 11) is 0. The zero-order valence-electron chi connectivity index (χ0n) is 13.1. The first-order chi connectivity index (χ1) is 12.2. The van der Waals surface area contributed by atoms with E-state index < -0.39 is 0 Å². The second kappa shape index (κ2) is 8.64. The van der Waals surface area contributed by atoms with Crippen LogP contribution in [-0.2, 0) is 11.4 Å². The molecule has 1 N–H and O–H groups in total. The molecular formula is C18H15FN2O2S2. The minimum atomic E-state index is -0.327. The van der Waals surface area contributed by atoms with Gasteiger partial charge in [0.05, 0.1) is 22.6 Å². The number of nitrogens with one attached hydrogen (secondary N) is 1. The zero-order chi connectivity index (χ0) is 17.5. The molecule has 0 bridgehead atoms. The average molecular weight is 374 g/mol. The fraction of sp³-hybridized carbons (Fsp3) is 0.111. The molecule has 3 aromatic rings. The van der Waals surface area contributed by atoms with Crippen molar-refractivity contribution in [3.8, 4) is 5.75 Å². The topological polar surface area (TPSA) is 51.2 Å². The normalized spacial score (nSPS) is 10.4. The number of halogens is 1. The Bertz CT molecular complexity index is 841. The molecule has 0 atom stereocenters. The number of rotatable bonds is 7. The SMILES string of the molecule is O=C(CSc1ccccc1F)Nc1ccccc1OCc1cscn1. The molecule has 0 saturated heterocycles. The highest BCUT2D eigenvalue weighted by Gasteiger charge is 2.10. The molecule has 0 aliphatic carbocycles. The Morgan fingerprint density at radius 2 is 2.00 bits per heavy atom. The van der Waals surface area contributed by atoms with Crippen molar-refractivity contribution in [2.24, 2.45) is 0 Å². The first-order valence-corrected chi connectivity index (χ1v) is 9.41. The van der Waals surface area contributed by atoms with Crippen molar-refractivity contribution < 1.29 is 13.9 Å². The molecule has 1 amide bonds. The number of carbonyl (C=O) groups is 1. The van der Waals surface area contributed by atoms with Gasteiger partial charge in [-0.15, -0.1) is 23.1 Å². The zero-order valence-corrected chi connectivity index (χ0v) is 14.8. The Hall–Kier alpha value is -2.38. The monoisotopic (exact) mass is 374 g/mol. The third-order valence-corrected chi connectivity index (χ3v) is 4.90. The molecule has 0 spiro atoms. The molecule has 4 nitrogen and oxygen atoms in total. The summed E-state index contributed by atoms with van der Waals surface area (Å²) in [5.41, 5.74) is 3.16. The molecule has 128 valence electrons. The number of thiazole rings is 1. The number of aromatic nitrogens is 1. The van der Waals surface area contributed by atoms with Gasteiger partial charge in [0.15, 0.2) is 0 Å². The molecule has 1 heterocycles. The van der Waals surface area contributed by atoms with Crippen LogP contribution >= 0.6 is 23.1 Å². The second-order valence-electron chi connectivity index (χ2n) is 5.03. The first-order valence-electron chi connectivity index (χ1n) is 7.48. The van der Waals surface area contributed by atoms with Gasteiger partial charge in [-0.05, 0) is 24.3 Å². The molecule has 3 rings (SSSR count). The Balaban J connectivity index is 1.58. The van der Waals surface area contributed by atoms with E-state index in [2.05, 4.69) is 10.3 Å². The number of benzene rings is 2. The highest BCUT2D eigenvalue weighted by molar-refractivity contribution is 8.00. The summed E-state index contributed by atoms with van der Waals surface area (Å²) in [6.07, 6.45) is 0. The van der Waals surface area contributed by atoms with Crippen LogP contribution in [0.15, 0.2) is 64.3 Å². The number of thioether (sulfide) groups is 1. The van der Waals surface area contributed by atoms with Crippen LogP contribution in [0.5, 0.6) is 5.75 Å². The van der Waals surface area contributed by atoms with Crippen LogP contribution in [0.3, 0.4) is 0 Å². The van der Waals surface area contributed by atoms with Gasteiger partial charge < -0.3 is 10.1 Å². The number of para-hydroxylation sites is 2. The number of carbonyl (C=O) groups excluding carboxylic acids is 1. The number of nitrogens with zero attached hydrogens (tertiary/aromatic N) is 1. The first kappa shape index (κ1) is 17.4. The summed E-state index contributed by atoms with van der Waals surface area (Å²) in [5.74, 6) is 0.131. The number of hydrogen-bond donors (Lipinski definition) is 1. The van der Waals surface area contributed by atoms with E-state index >= 15 is 0 Å². The van der Waals surface area contributed by atoms with Crippen LogP contribution in [-0.4, -0.2) is 16.6 Å². The smallest absolute Gasteiger partial charge is 0.234 e. The summed E-state index contributed by atoms with van der Waals surface area (Å²) in [6, 6.07) is 13.6. The van der Waals surface area contributed by atoms with Crippen LogP contribution < -0.4 is 10.1 Å². The van der Waals surface area contributed by atoms with Gasteiger partial charge in [0, 0.05) is 10.3 Å². The standard InChI is InChI=1S/C18H15FN2O2S2/c19-14-5-1-4-8-17(14)25-11-18(22)21-15-6-2-3-7-16(15)23-9-13-10-24-12-20-13/h1-8,10,12H,9,11H2,(H,21,22). The Labute approximate surface area is 153 Å². The molecule has 25 heavy (non-hydrogen) atoms. The Kier molecular flexibility index (Phi) is 6.03. The lowest BCUT2D eigenvalue weighted by molar-refractivity contribution is -0.113. The highest BCUT2D eigenvalue weighted by Crippen LogP contribution is 2.26. The van der Waals surface area contributed by atoms with E-state index in [4.69, 9.17) is 4.74 Å². The van der Waals surface area contributed by atoms with Crippen molar-refractivity contribution in [3.63, 3.8) is 0 Å².